The van der Waals surface area contributed by atoms with Crippen LogP contribution in [0.3, 0.4) is 0 Å². The van der Waals surface area contributed by atoms with Crippen LogP contribution in [0.5, 0.6) is 5.75 Å². The Kier molecular flexibility index (Phi) is 3.87. The van der Waals surface area contributed by atoms with Crippen LogP contribution < -0.4 is 10.5 Å². The van der Waals surface area contributed by atoms with Gasteiger partial charge in [0.25, 0.3) is 0 Å². The van der Waals surface area contributed by atoms with E-state index in [1.165, 1.54) is 0 Å². The molecule has 1 saturated carbocycles. The van der Waals surface area contributed by atoms with Gasteiger partial charge in [-0.05, 0) is 43.5 Å². The maximum absolute atomic E-state index is 5.91. The molecule has 1 aromatic rings. The highest BCUT2D eigenvalue weighted by molar-refractivity contribution is 6.30. The van der Waals surface area contributed by atoms with Crippen LogP contribution in [0.25, 0.3) is 0 Å². The lowest BCUT2D eigenvalue weighted by Crippen LogP contribution is -2.29. The molecule has 2 N–H and O–H groups in total. The highest BCUT2D eigenvalue weighted by Gasteiger charge is 2.39. The highest BCUT2D eigenvalue weighted by Crippen LogP contribution is 2.33. The van der Waals surface area contributed by atoms with Crippen molar-refractivity contribution in [2.45, 2.75) is 25.3 Å². The standard InChI is InChI=1S/C11H14ClNO.ClH/c1-8-4-9(12)6-10(5-8)14-7-11(13)2-3-11;/h4-6H,2-3,7,13H2,1H3;1H. The summed E-state index contributed by atoms with van der Waals surface area (Å²) in [5, 5.41) is 0.710. The van der Waals surface area contributed by atoms with E-state index in [0.717, 1.165) is 24.2 Å². The minimum absolute atomic E-state index is 0. The highest BCUT2D eigenvalue weighted by atomic mass is 35.5. The lowest BCUT2D eigenvalue weighted by Gasteiger charge is -2.11. The van der Waals surface area contributed by atoms with Crippen LogP contribution in [-0.4, -0.2) is 12.1 Å². The Balaban J connectivity index is 0.00000112. The summed E-state index contributed by atoms with van der Waals surface area (Å²) in [6.45, 7) is 2.58. The summed E-state index contributed by atoms with van der Waals surface area (Å²) in [6, 6.07) is 5.70. The second-order valence-corrected chi connectivity index (χ2v) is 4.55. The van der Waals surface area contributed by atoms with Crippen LogP contribution >= 0.6 is 24.0 Å². The van der Waals surface area contributed by atoms with Crippen LogP contribution in [0.15, 0.2) is 18.2 Å². The van der Waals surface area contributed by atoms with Crippen LogP contribution in [0.4, 0.5) is 0 Å². The molecule has 0 aromatic heterocycles. The summed E-state index contributed by atoms with van der Waals surface area (Å²) < 4.78 is 5.59. The summed E-state index contributed by atoms with van der Waals surface area (Å²) in [7, 11) is 0. The van der Waals surface area contributed by atoms with Crippen molar-refractivity contribution >= 4 is 24.0 Å². The molecule has 0 atom stereocenters. The summed E-state index contributed by atoms with van der Waals surface area (Å²) in [5.41, 5.74) is 6.95. The van der Waals surface area contributed by atoms with Crippen molar-refractivity contribution in [3.05, 3.63) is 28.8 Å². The van der Waals surface area contributed by atoms with Gasteiger partial charge in [0.1, 0.15) is 12.4 Å². The van der Waals surface area contributed by atoms with Crippen molar-refractivity contribution in [2.24, 2.45) is 5.73 Å². The molecule has 84 valence electrons. The molecule has 1 aliphatic carbocycles. The lowest BCUT2D eigenvalue weighted by atomic mass is 10.2. The van der Waals surface area contributed by atoms with E-state index in [0.29, 0.717) is 11.6 Å². The molecule has 0 amide bonds. The van der Waals surface area contributed by atoms with E-state index in [-0.39, 0.29) is 17.9 Å². The molecule has 0 spiro atoms. The summed E-state index contributed by atoms with van der Waals surface area (Å²) in [5.74, 6) is 0.812. The number of ether oxygens (including phenoxy) is 1. The molecule has 15 heavy (non-hydrogen) atoms. The lowest BCUT2D eigenvalue weighted by molar-refractivity contribution is 0.279. The first-order chi connectivity index (χ1) is 6.57. The second kappa shape index (κ2) is 4.60. The summed E-state index contributed by atoms with van der Waals surface area (Å²) in [6.07, 6.45) is 2.12. The molecule has 1 aromatic carbocycles. The van der Waals surface area contributed by atoms with Crippen molar-refractivity contribution in [2.75, 3.05) is 6.61 Å². The predicted octanol–water partition coefficient (Wildman–Crippen LogP) is 2.94. The Bertz CT molecular complexity index is 330. The van der Waals surface area contributed by atoms with Gasteiger partial charge >= 0.3 is 0 Å². The van der Waals surface area contributed by atoms with Crippen molar-refractivity contribution < 1.29 is 4.74 Å². The number of aryl methyl sites for hydroxylation is 1. The largest absolute Gasteiger partial charge is 0.492 e. The summed E-state index contributed by atoms with van der Waals surface area (Å²) >= 11 is 5.90. The average Bonchev–Trinajstić information content (AvgIpc) is 2.80. The number of hydrogen-bond acceptors (Lipinski definition) is 2. The van der Waals surface area contributed by atoms with Crippen LogP contribution in [0.1, 0.15) is 18.4 Å². The molecule has 0 radical (unpaired) electrons. The normalized spacial score (nSPS) is 16.7. The van der Waals surface area contributed by atoms with Crippen molar-refractivity contribution in [1.82, 2.24) is 0 Å². The fraction of sp³-hybridized carbons (Fsp3) is 0.455. The third-order valence-electron chi connectivity index (χ3n) is 2.43. The van der Waals surface area contributed by atoms with E-state index in [2.05, 4.69) is 0 Å². The number of benzene rings is 1. The van der Waals surface area contributed by atoms with Crippen molar-refractivity contribution in [1.29, 1.82) is 0 Å². The van der Waals surface area contributed by atoms with Crippen molar-refractivity contribution in [3.8, 4) is 5.75 Å². The van der Waals surface area contributed by atoms with E-state index in [4.69, 9.17) is 22.1 Å². The Labute approximate surface area is 101 Å². The van der Waals surface area contributed by atoms with E-state index >= 15 is 0 Å². The van der Waals surface area contributed by atoms with Crippen LogP contribution in [0, 0.1) is 6.92 Å². The Morgan fingerprint density at radius 2 is 2.07 bits per heavy atom. The van der Waals surface area contributed by atoms with Crippen LogP contribution in [0.2, 0.25) is 5.02 Å². The molecule has 0 bridgehead atoms. The smallest absolute Gasteiger partial charge is 0.121 e. The maximum atomic E-state index is 5.91. The molecule has 0 heterocycles. The molecule has 0 unspecified atom stereocenters. The number of halogens is 2. The number of rotatable bonds is 3. The molecule has 4 heteroatoms. The predicted molar refractivity (Wildman–Crippen MR) is 65.1 cm³/mol. The SMILES string of the molecule is Cc1cc(Cl)cc(OCC2(N)CC2)c1.Cl. The van der Waals surface area contributed by atoms with Crippen molar-refractivity contribution in [3.63, 3.8) is 0 Å². The zero-order valence-corrected chi connectivity index (χ0v) is 10.2. The van der Waals surface area contributed by atoms with Gasteiger partial charge in [-0.3, -0.25) is 0 Å². The zero-order chi connectivity index (χ0) is 10.2. The molecule has 0 aliphatic heterocycles. The number of hydrogen-bond donors (Lipinski definition) is 1. The zero-order valence-electron chi connectivity index (χ0n) is 8.63. The molecule has 1 aliphatic rings. The third-order valence-corrected chi connectivity index (χ3v) is 2.65. The first-order valence-corrected chi connectivity index (χ1v) is 5.14. The first-order valence-electron chi connectivity index (χ1n) is 4.76. The van der Waals surface area contributed by atoms with Gasteiger partial charge in [-0.25, -0.2) is 0 Å². The monoisotopic (exact) mass is 247 g/mol. The third kappa shape index (κ3) is 3.56. The van der Waals surface area contributed by atoms with Gasteiger partial charge < -0.3 is 10.5 Å². The average molecular weight is 248 g/mol. The van der Waals surface area contributed by atoms with Gasteiger partial charge in [0, 0.05) is 5.02 Å². The molecule has 2 nitrogen and oxygen atoms in total. The fourth-order valence-corrected chi connectivity index (χ4v) is 1.60. The van der Waals surface area contributed by atoms with Gasteiger partial charge in [0.15, 0.2) is 0 Å². The minimum Gasteiger partial charge on any atom is -0.492 e. The van der Waals surface area contributed by atoms with Crippen LogP contribution in [-0.2, 0) is 0 Å². The minimum atomic E-state index is -0.0732. The van der Waals surface area contributed by atoms with Gasteiger partial charge in [0.2, 0.25) is 0 Å². The number of nitrogens with two attached hydrogens (primary N) is 1. The van der Waals surface area contributed by atoms with Gasteiger partial charge in [-0.1, -0.05) is 11.6 Å². The quantitative estimate of drug-likeness (QED) is 0.892. The maximum Gasteiger partial charge on any atom is 0.121 e. The Hall–Kier alpha value is -0.440. The van der Waals surface area contributed by atoms with E-state index in [1.807, 2.05) is 25.1 Å². The van der Waals surface area contributed by atoms with E-state index in [1.54, 1.807) is 0 Å². The molecule has 2 rings (SSSR count). The van der Waals surface area contributed by atoms with Gasteiger partial charge in [-0.2, -0.15) is 0 Å². The Morgan fingerprint density at radius 3 is 2.60 bits per heavy atom. The topological polar surface area (TPSA) is 35.2 Å². The van der Waals surface area contributed by atoms with E-state index in [9.17, 15) is 0 Å². The fourth-order valence-electron chi connectivity index (χ4n) is 1.32. The second-order valence-electron chi connectivity index (χ2n) is 4.12. The molecule has 1 fully saturated rings. The van der Waals surface area contributed by atoms with E-state index < -0.39 is 0 Å². The van der Waals surface area contributed by atoms with Gasteiger partial charge in [0.05, 0.1) is 5.54 Å². The summed E-state index contributed by atoms with van der Waals surface area (Å²) in [4.78, 5) is 0. The molecular weight excluding hydrogens is 233 g/mol. The van der Waals surface area contributed by atoms with Gasteiger partial charge in [-0.15, -0.1) is 12.4 Å². The first kappa shape index (κ1) is 12.6. The Morgan fingerprint density at radius 1 is 1.40 bits per heavy atom. The molecule has 0 saturated heterocycles. The molecular formula is C11H15Cl2NO.